The van der Waals surface area contributed by atoms with Crippen LogP contribution in [-0.2, 0) is 0 Å². The van der Waals surface area contributed by atoms with Gasteiger partial charge in [0.1, 0.15) is 5.52 Å². The molecule has 0 aliphatic carbocycles. The first-order valence-corrected chi connectivity index (χ1v) is 4.49. The number of aromatic nitrogens is 2. The molecule has 1 aromatic carbocycles. The van der Waals surface area contributed by atoms with Gasteiger partial charge < -0.3 is 4.42 Å². The van der Waals surface area contributed by atoms with Crippen LogP contribution in [0.1, 0.15) is 0 Å². The third-order valence-corrected chi connectivity index (χ3v) is 2.17. The monoisotopic (exact) mass is 198 g/mol. The molecule has 0 amide bonds. The van der Waals surface area contributed by atoms with Crippen molar-refractivity contribution in [3.05, 3.63) is 46.9 Å². The van der Waals surface area contributed by atoms with E-state index in [0.29, 0.717) is 16.9 Å². The minimum absolute atomic E-state index is 0.274. The van der Waals surface area contributed by atoms with Crippen LogP contribution in [-0.4, -0.2) is 9.97 Å². The molecule has 0 bridgehead atoms. The number of rotatable bonds is 0. The lowest BCUT2D eigenvalue weighted by atomic mass is 10.2. The van der Waals surface area contributed by atoms with Crippen molar-refractivity contribution < 1.29 is 4.42 Å². The lowest BCUT2D eigenvalue weighted by Gasteiger charge is -2.03. The zero-order chi connectivity index (χ0) is 10.3. The van der Waals surface area contributed by atoms with Gasteiger partial charge in [0.05, 0.1) is 0 Å². The molecule has 0 saturated heterocycles. The number of benzene rings is 1. The highest BCUT2D eigenvalue weighted by Crippen LogP contribution is 2.20. The third-order valence-electron chi connectivity index (χ3n) is 2.17. The molecular weight excluding hydrogens is 192 g/mol. The molecule has 0 radical (unpaired) electrons. The summed E-state index contributed by atoms with van der Waals surface area (Å²) in [5, 5.41) is 0. The highest BCUT2D eigenvalue weighted by atomic mass is 16.3. The van der Waals surface area contributed by atoms with Crippen molar-refractivity contribution in [3.63, 3.8) is 0 Å². The molecule has 0 atom stereocenters. The van der Waals surface area contributed by atoms with Crippen LogP contribution in [0, 0.1) is 0 Å². The molecule has 4 heteroatoms. The van der Waals surface area contributed by atoms with Crippen molar-refractivity contribution in [1.82, 2.24) is 9.97 Å². The Bertz CT molecular complexity index is 660. The zero-order valence-corrected chi connectivity index (χ0v) is 7.68. The van der Waals surface area contributed by atoms with E-state index in [1.165, 1.54) is 6.20 Å². The van der Waals surface area contributed by atoms with Crippen LogP contribution in [0.4, 0.5) is 0 Å². The Hall–Kier alpha value is -2.23. The van der Waals surface area contributed by atoms with E-state index in [4.69, 9.17) is 4.42 Å². The molecule has 72 valence electrons. The van der Waals surface area contributed by atoms with Crippen LogP contribution in [0.5, 0.6) is 0 Å². The van der Waals surface area contributed by atoms with Crippen LogP contribution in [0.3, 0.4) is 0 Å². The molecule has 15 heavy (non-hydrogen) atoms. The van der Waals surface area contributed by atoms with Crippen LogP contribution in [0.2, 0.25) is 0 Å². The van der Waals surface area contributed by atoms with E-state index < -0.39 is 0 Å². The zero-order valence-electron chi connectivity index (χ0n) is 7.68. The number of hydrogen-bond donors (Lipinski definition) is 0. The van der Waals surface area contributed by atoms with E-state index in [9.17, 15) is 4.79 Å². The van der Waals surface area contributed by atoms with Crippen molar-refractivity contribution in [2.75, 3.05) is 0 Å². The third kappa shape index (κ3) is 1.19. The average molecular weight is 198 g/mol. The van der Waals surface area contributed by atoms with Crippen molar-refractivity contribution >= 4 is 11.1 Å². The van der Waals surface area contributed by atoms with Gasteiger partial charge in [-0.25, -0.2) is 9.97 Å². The molecule has 0 spiro atoms. The number of hydrogen-bond acceptors (Lipinski definition) is 4. The SMILES string of the molecule is O=c1nccc2oc3ccccc3nc1-2. The maximum atomic E-state index is 11.4. The summed E-state index contributed by atoms with van der Waals surface area (Å²) in [7, 11) is 0. The summed E-state index contributed by atoms with van der Waals surface area (Å²) in [6.45, 7) is 0. The van der Waals surface area contributed by atoms with Gasteiger partial charge in [0, 0.05) is 12.3 Å². The molecule has 2 aliphatic heterocycles. The topological polar surface area (TPSA) is 56.0 Å². The van der Waals surface area contributed by atoms with Gasteiger partial charge in [0.25, 0.3) is 5.56 Å². The van der Waals surface area contributed by atoms with Gasteiger partial charge in [-0.2, -0.15) is 0 Å². The molecular formula is C11H6N2O2. The minimum atomic E-state index is -0.359. The lowest BCUT2D eigenvalue weighted by Crippen LogP contribution is -2.10. The molecule has 1 aromatic rings. The van der Waals surface area contributed by atoms with Crippen LogP contribution in [0.25, 0.3) is 22.6 Å². The Morgan fingerprint density at radius 2 is 2.00 bits per heavy atom. The summed E-state index contributed by atoms with van der Waals surface area (Å²) in [5.41, 5.74) is 1.24. The molecule has 4 nitrogen and oxygen atoms in total. The fourth-order valence-corrected chi connectivity index (χ4v) is 1.48. The van der Waals surface area contributed by atoms with E-state index in [-0.39, 0.29) is 11.3 Å². The Balaban J connectivity index is 2.54. The Labute approximate surface area is 84.6 Å². The molecule has 2 aliphatic rings. The smallest absolute Gasteiger partial charge is 0.299 e. The van der Waals surface area contributed by atoms with Gasteiger partial charge in [-0.15, -0.1) is 0 Å². The molecule has 0 N–H and O–H groups in total. The van der Waals surface area contributed by atoms with Crippen LogP contribution in [0.15, 0.2) is 45.7 Å². The largest absolute Gasteiger partial charge is 0.453 e. The highest BCUT2D eigenvalue weighted by Gasteiger charge is 2.11. The van der Waals surface area contributed by atoms with E-state index in [0.717, 1.165) is 0 Å². The fourth-order valence-electron chi connectivity index (χ4n) is 1.48. The van der Waals surface area contributed by atoms with Gasteiger partial charge in [0.2, 0.25) is 0 Å². The second kappa shape index (κ2) is 2.88. The first kappa shape index (κ1) is 8.11. The van der Waals surface area contributed by atoms with Crippen molar-refractivity contribution in [2.45, 2.75) is 0 Å². The molecule has 0 saturated carbocycles. The van der Waals surface area contributed by atoms with Crippen molar-refractivity contribution in [2.24, 2.45) is 0 Å². The van der Waals surface area contributed by atoms with Crippen LogP contribution >= 0.6 is 0 Å². The van der Waals surface area contributed by atoms with Gasteiger partial charge in [0.15, 0.2) is 17.0 Å². The van der Waals surface area contributed by atoms with Crippen molar-refractivity contribution in [1.29, 1.82) is 0 Å². The van der Waals surface area contributed by atoms with E-state index in [2.05, 4.69) is 9.97 Å². The Morgan fingerprint density at radius 3 is 2.93 bits per heavy atom. The molecule has 0 fully saturated rings. The predicted molar refractivity (Wildman–Crippen MR) is 54.7 cm³/mol. The second-order valence-corrected chi connectivity index (χ2v) is 3.14. The predicted octanol–water partition coefficient (Wildman–Crippen LogP) is 1.69. The maximum absolute atomic E-state index is 11.4. The summed E-state index contributed by atoms with van der Waals surface area (Å²) in [4.78, 5) is 19.2. The lowest BCUT2D eigenvalue weighted by molar-refractivity contribution is 0.610. The summed E-state index contributed by atoms with van der Waals surface area (Å²) in [6.07, 6.45) is 1.42. The average Bonchev–Trinajstić information content (AvgIpc) is 2.27. The quantitative estimate of drug-likeness (QED) is 0.516. The molecule has 0 unspecified atom stereocenters. The Morgan fingerprint density at radius 1 is 1.13 bits per heavy atom. The molecule has 2 heterocycles. The second-order valence-electron chi connectivity index (χ2n) is 3.14. The fraction of sp³-hybridized carbons (Fsp3) is 0. The number of nitrogens with zero attached hydrogens (tertiary/aromatic N) is 2. The summed E-state index contributed by atoms with van der Waals surface area (Å²) in [6, 6.07) is 8.95. The first-order chi connectivity index (χ1) is 7.34. The summed E-state index contributed by atoms with van der Waals surface area (Å²) < 4.78 is 5.52. The van der Waals surface area contributed by atoms with Gasteiger partial charge >= 0.3 is 0 Å². The van der Waals surface area contributed by atoms with Gasteiger partial charge in [-0.05, 0) is 12.1 Å². The Kier molecular flexibility index (Phi) is 1.56. The summed E-state index contributed by atoms with van der Waals surface area (Å²) in [5.74, 6) is 0.466. The van der Waals surface area contributed by atoms with E-state index in [1.54, 1.807) is 12.1 Å². The van der Waals surface area contributed by atoms with Crippen LogP contribution < -0.4 is 5.56 Å². The number of fused-ring (bicyclic) bond motifs is 2. The van der Waals surface area contributed by atoms with E-state index in [1.807, 2.05) is 18.2 Å². The molecule has 3 rings (SSSR count). The van der Waals surface area contributed by atoms with Gasteiger partial charge in [-0.3, -0.25) is 4.79 Å². The highest BCUT2D eigenvalue weighted by molar-refractivity contribution is 5.75. The minimum Gasteiger partial charge on any atom is -0.453 e. The van der Waals surface area contributed by atoms with E-state index >= 15 is 0 Å². The number of para-hydroxylation sites is 2. The number of pyridine rings is 1. The maximum Gasteiger partial charge on any atom is 0.299 e. The summed E-state index contributed by atoms with van der Waals surface area (Å²) >= 11 is 0. The first-order valence-electron chi connectivity index (χ1n) is 4.49. The van der Waals surface area contributed by atoms with Gasteiger partial charge in [-0.1, -0.05) is 12.1 Å². The van der Waals surface area contributed by atoms with Crippen molar-refractivity contribution in [3.8, 4) is 11.5 Å². The standard InChI is InChI=1S/C11H6N2O2/c14-11-10-9(5-6-12-11)15-8-4-2-1-3-7(8)13-10/h1-6H. The normalized spacial score (nSPS) is 10.9. The molecule has 0 aromatic heterocycles.